The maximum absolute atomic E-state index is 13.0. The number of thiazole rings is 1. The molecule has 1 aliphatic heterocycles. The van der Waals surface area contributed by atoms with Crippen LogP contribution in [0.25, 0.3) is 0 Å². The molecule has 0 unspecified atom stereocenters. The largest absolute Gasteiger partial charge is 0.333 e. The van der Waals surface area contributed by atoms with Crippen molar-refractivity contribution in [2.45, 2.75) is 17.9 Å². The Morgan fingerprint density at radius 1 is 1.18 bits per heavy atom. The van der Waals surface area contributed by atoms with Gasteiger partial charge in [0.05, 0.1) is 17.8 Å². The standard InChI is InChI=1S/C20H18N4O2S2/c1-27-16-8-3-2-6-13(16)19(26)24-11-9-14-17(12-24)28-20(22-14)23-18(25)15-7-4-5-10-21-15/h2-8,10H,9,11-12H2,1H3,(H,22,23,25). The summed E-state index contributed by atoms with van der Waals surface area (Å²) in [6.45, 7) is 1.12. The van der Waals surface area contributed by atoms with E-state index < -0.39 is 0 Å². The summed E-state index contributed by atoms with van der Waals surface area (Å²) in [5.41, 5.74) is 2.02. The van der Waals surface area contributed by atoms with Crippen LogP contribution >= 0.6 is 23.1 Å². The van der Waals surface area contributed by atoms with Crippen LogP contribution in [0.3, 0.4) is 0 Å². The van der Waals surface area contributed by atoms with Crippen LogP contribution in [-0.2, 0) is 13.0 Å². The van der Waals surface area contributed by atoms with Gasteiger partial charge in [0.2, 0.25) is 0 Å². The zero-order valence-corrected chi connectivity index (χ0v) is 16.8. The van der Waals surface area contributed by atoms with E-state index in [0.29, 0.717) is 30.3 Å². The van der Waals surface area contributed by atoms with Gasteiger partial charge in [0.15, 0.2) is 5.13 Å². The number of hydrogen-bond donors (Lipinski definition) is 1. The van der Waals surface area contributed by atoms with E-state index >= 15 is 0 Å². The van der Waals surface area contributed by atoms with Crippen molar-refractivity contribution < 1.29 is 9.59 Å². The lowest BCUT2D eigenvalue weighted by Crippen LogP contribution is -2.35. The molecule has 2 amide bonds. The molecule has 0 aliphatic carbocycles. The van der Waals surface area contributed by atoms with E-state index in [1.807, 2.05) is 35.4 Å². The minimum Gasteiger partial charge on any atom is -0.333 e. The molecule has 0 spiro atoms. The summed E-state index contributed by atoms with van der Waals surface area (Å²) in [5, 5.41) is 3.35. The predicted octanol–water partition coefficient (Wildman–Crippen LogP) is 3.71. The number of fused-ring (bicyclic) bond motifs is 1. The minimum absolute atomic E-state index is 0.0306. The number of rotatable bonds is 4. The highest BCUT2D eigenvalue weighted by Crippen LogP contribution is 2.30. The lowest BCUT2D eigenvalue weighted by atomic mass is 10.1. The first kappa shape index (κ1) is 18.6. The van der Waals surface area contributed by atoms with Gasteiger partial charge in [-0.2, -0.15) is 0 Å². The van der Waals surface area contributed by atoms with Crippen molar-refractivity contribution in [1.82, 2.24) is 14.9 Å². The number of pyridine rings is 1. The van der Waals surface area contributed by atoms with Gasteiger partial charge in [0, 0.05) is 28.9 Å². The molecule has 4 rings (SSSR count). The Labute approximate surface area is 171 Å². The van der Waals surface area contributed by atoms with Crippen molar-refractivity contribution in [2.75, 3.05) is 18.1 Å². The van der Waals surface area contributed by atoms with Crippen molar-refractivity contribution in [1.29, 1.82) is 0 Å². The number of nitrogens with zero attached hydrogens (tertiary/aromatic N) is 3. The molecule has 0 saturated carbocycles. The van der Waals surface area contributed by atoms with Gasteiger partial charge >= 0.3 is 0 Å². The van der Waals surface area contributed by atoms with Crippen LogP contribution in [0.4, 0.5) is 5.13 Å². The van der Waals surface area contributed by atoms with Crippen molar-refractivity contribution in [3.8, 4) is 0 Å². The van der Waals surface area contributed by atoms with Crippen LogP contribution in [0.1, 0.15) is 31.4 Å². The Balaban J connectivity index is 1.49. The van der Waals surface area contributed by atoms with Crippen LogP contribution in [0.2, 0.25) is 0 Å². The molecule has 142 valence electrons. The molecule has 1 aromatic carbocycles. The van der Waals surface area contributed by atoms with Crippen molar-refractivity contribution in [3.05, 3.63) is 70.5 Å². The molecule has 0 radical (unpaired) electrons. The van der Waals surface area contributed by atoms with Gasteiger partial charge in [0.25, 0.3) is 11.8 Å². The average Bonchev–Trinajstić information content (AvgIpc) is 3.15. The Morgan fingerprint density at radius 3 is 2.79 bits per heavy atom. The Hall–Kier alpha value is -2.71. The number of amides is 2. The minimum atomic E-state index is -0.284. The lowest BCUT2D eigenvalue weighted by Gasteiger charge is -2.26. The topological polar surface area (TPSA) is 75.2 Å². The molecule has 1 N–H and O–H groups in total. The smallest absolute Gasteiger partial charge is 0.276 e. The molecule has 8 heteroatoms. The molecule has 6 nitrogen and oxygen atoms in total. The fraction of sp³-hybridized carbons (Fsp3) is 0.200. The van der Waals surface area contributed by atoms with E-state index in [1.165, 1.54) is 11.3 Å². The number of nitrogens with one attached hydrogen (secondary N) is 1. The van der Waals surface area contributed by atoms with E-state index in [1.54, 1.807) is 36.2 Å². The number of thioether (sulfide) groups is 1. The molecule has 1 aliphatic rings. The van der Waals surface area contributed by atoms with Gasteiger partial charge in [-0.15, -0.1) is 11.8 Å². The summed E-state index contributed by atoms with van der Waals surface area (Å²) >= 11 is 2.99. The number of carbonyl (C=O) groups is 2. The van der Waals surface area contributed by atoms with E-state index in [2.05, 4.69) is 15.3 Å². The fourth-order valence-corrected chi connectivity index (χ4v) is 4.68. The molecule has 0 fully saturated rings. The Morgan fingerprint density at radius 2 is 2.00 bits per heavy atom. The van der Waals surface area contributed by atoms with E-state index in [-0.39, 0.29) is 11.8 Å². The predicted molar refractivity (Wildman–Crippen MR) is 111 cm³/mol. The van der Waals surface area contributed by atoms with Crippen LogP contribution in [0, 0.1) is 0 Å². The molecule has 3 heterocycles. The average molecular weight is 411 g/mol. The van der Waals surface area contributed by atoms with E-state index in [4.69, 9.17) is 0 Å². The summed E-state index contributed by atoms with van der Waals surface area (Å²) in [5.74, 6) is -0.253. The quantitative estimate of drug-likeness (QED) is 0.664. The highest BCUT2D eigenvalue weighted by molar-refractivity contribution is 7.98. The third-order valence-electron chi connectivity index (χ3n) is 4.47. The maximum atomic E-state index is 13.0. The SMILES string of the molecule is CSc1ccccc1C(=O)N1CCc2nc(NC(=O)c3ccccn3)sc2C1. The summed E-state index contributed by atoms with van der Waals surface area (Å²) in [4.78, 5) is 37.7. The monoisotopic (exact) mass is 410 g/mol. The number of aromatic nitrogens is 2. The molecular formula is C20H18N4O2S2. The molecule has 28 heavy (non-hydrogen) atoms. The molecule has 3 aromatic rings. The van der Waals surface area contributed by atoms with Crippen LogP contribution in [0.15, 0.2) is 53.6 Å². The van der Waals surface area contributed by atoms with Crippen LogP contribution in [-0.4, -0.2) is 39.5 Å². The zero-order valence-electron chi connectivity index (χ0n) is 15.2. The first-order valence-corrected chi connectivity index (χ1v) is 10.8. The lowest BCUT2D eigenvalue weighted by molar-refractivity contribution is 0.0732. The van der Waals surface area contributed by atoms with Crippen molar-refractivity contribution in [3.63, 3.8) is 0 Å². The molecular weight excluding hydrogens is 392 g/mol. The van der Waals surface area contributed by atoms with Gasteiger partial charge in [-0.1, -0.05) is 29.5 Å². The van der Waals surface area contributed by atoms with Gasteiger partial charge < -0.3 is 4.90 Å². The second-order valence-electron chi connectivity index (χ2n) is 6.23. The molecule has 0 atom stereocenters. The van der Waals surface area contributed by atoms with Gasteiger partial charge in [0.1, 0.15) is 5.69 Å². The van der Waals surface area contributed by atoms with Crippen molar-refractivity contribution in [2.24, 2.45) is 0 Å². The van der Waals surface area contributed by atoms with E-state index in [9.17, 15) is 9.59 Å². The summed E-state index contributed by atoms with van der Waals surface area (Å²) < 4.78 is 0. The first-order chi connectivity index (χ1) is 13.7. The highest BCUT2D eigenvalue weighted by atomic mass is 32.2. The van der Waals surface area contributed by atoms with Crippen LogP contribution in [0.5, 0.6) is 0 Å². The first-order valence-electron chi connectivity index (χ1n) is 8.79. The number of carbonyl (C=O) groups excluding carboxylic acids is 2. The summed E-state index contributed by atoms with van der Waals surface area (Å²) in [6.07, 6.45) is 4.23. The van der Waals surface area contributed by atoms with Crippen LogP contribution < -0.4 is 5.32 Å². The maximum Gasteiger partial charge on any atom is 0.276 e. The molecule has 0 bridgehead atoms. The molecule has 2 aromatic heterocycles. The Kier molecular flexibility index (Phi) is 5.40. The summed E-state index contributed by atoms with van der Waals surface area (Å²) in [6, 6.07) is 12.9. The second kappa shape index (κ2) is 8.12. The normalized spacial score (nSPS) is 13.1. The highest BCUT2D eigenvalue weighted by Gasteiger charge is 2.26. The van der Waals surface area contributed by atoms with Gasteiger partial charge in [-0.3, -0.25) is 19.9 Å². The van der Waals surface area contributed by atoms with Gasteiger partial charge in [-0.25, -0.2) is 4.98 Å². The third-order valence-corrected chi connectivity index (χ3v) is 6.27. The van der Waals surface area contributed by atoms with E-state index in [0.717, 1.165) is 21.0 Å². The van der Waals surface area contributed by atoms with Crippen molar-refractivity contribution >= 4 is 40.0 Å². The number of hydrogen-bond acceptors (Lipinski definition) is 6. The molecule has 0 saturated heterocycles. The van der Waals surface area contributed by atoms with Gasteiger partial charge in [-0.05, 0) is 30.5 Å². The fourth-order valence-electron chi connectivity index (χ4n) is 3.07. The number of anilines is 1. The number of benzene rings is 1. The third kappa shape index (κ3) is 3.79. The zero-order chi connectivity index (χ0) is 19.5. The Bertz CT molecular complexity index is 1020. The second-order valence-corrected chi connectivity index (χ2v) is 8.17. The summed E-state index contributed by atoms with van der Waals surface area (Å²) in [7, 11) is 0.